The topological polar surface area (TPSA) is 9.23 Å². The zero-order chi connectivity index (χ0) is 11.9. The summed E-state index contributed by atoms with van der Waals surface area (Å²) < 4.78 is 5.73. The predicted molar refractivity (Wildman–Crippen MR) is 71.9 cm³/mol. The summed E-state index contributed by atoms with van der Waals surface area (Å²) in [5.74, 6) is 3.50. The largest absolute Gasteiger partial charge is 0.373 e. The third-order valence-corrected chi connectivity index (χ3v) is 4.67. The number of fused-ring (bicyclic) bond motifs is 5. The maximum atomic E-state index is 5.73. The van der Waals surface area contributed by atoms with Crippen molar-refractivity contribution in [1.82, 2.24) is 0 Å². The van der Waals surface area contributed by atoms with E-state index in [1.807, 2.05) is 6.07 Å². The lowest BCUT2D eigenvalue weighted by Gasteiger charge is -2.03. The van der Waals surface area contributed by atoms with Crippen LogP contribution in [-0.2, 0) is 11.3 Å². The summed E-state index contributed by atoms with van der Waals surface area (Å²) in [7, 11) is 0. The van der Waals surface area contributed by atoms with Crippen molar-refractivity contribution < 1.29 is 4.74 Å². The molecular weight excluding hydrogens is 220 g/mol. The average molecular weight is 238 g/mol. The van der Waals surface area contributed by atoms with Crippen LogP contribution >= 0.6 is 0 Å². The first-order valence-corrected chi connectivity index (χ1v) is 6.93. The lowest BCUT2D eigenvalue weighted by Crippen LogP contribution is -1.95. The second-order valence-electron chi connectivity index (χ2n) is 5.70. The number of hydrogen-bond donors (Lipinski definition) is 0. The molecule has 92 valence electrons. The molecule has 0 amide bonds. The van der Waals surface area contributed by atoms with Crippen molar-refractivity contribution in [3.8, 4) is 0 Å². The van der Waals surface area contributed by atoms with Crippen molar-refractivity contribution in [2.75, 3.05) is 6.61 Å². The first kappa shape index (κ1) is 10.6. The lowest BCUT2D eigenvalue weighted by atomic mass is 10.0. The van der Waals surface area contributed by atoms with E-state index < -0.39 is 0 Å². The van der Waals surface area contributed by atoms with Crippen LogP contribution in [0.15, 0.2) is 54.1 Å². The molecule has 0 N–H and O–H groups in total. The summed E-state index contributed by atoms with van der Waals surface area (Å²) in [6.07, 6.45) is 8.61. The van der Waals surface area contributed by atoms with E-state index in [1.54, 1.807) is 5.57 Å². The highest BCUT2D eigenvalue weighted by Gasteiger charge is 2.58. The van der Waals surface area contributed by atoms with E-state index in [4.69, 9.17) is 4.74 Å². The van der Waals surface area contributed by atoms with Gasteiger partial charge in [-0.1, -0.05) is 54.1 Å². The standard InChI is InChI=1S/C17H18O/c1-2-4-12(5-3-1)11-18-9-8-15-16-13-6-7-14(10-13)17(15)16/h1-8,13-14,16-17H,9-11H2/t13-,14+,16-,17+. The molecule has 1 heteroatoms. The predicted octanol–water partition coefficient (Wildman–Crippen LogP) is 3.58. The fourth-order valence-electron chi connectivity index (χ4n) is 3.82. The molecule has 1 aromatic rings. The van der Waals surface area contributed by atoms with Crippen LogP contribution in [0, 0.1) is 23.7 Å². The number of benzene rings is 1. The smallest absolute Gasteiger partial charge is 0.0721 e. The fraction of sp³-hybridized carbons (Fsp3) is 0.412. The van der Waals surface area contributed by atoms with Crippen LogP contribution in [0.3, 0.4) is 0 Å². The van der Waals surface area contributed by atoms with Crippen LogP contribution in [0.1, 0.15) is 12.0 Å². The van der Waals surface area contributed by atoms with Crippen LogP contribution in [0.4, 0.5) is 0 Å². The van der Waals surface area contributed by atoms with E-state index >= 15 is 0 Å². The Bertz CT molecular complexity index is 480. The minimum atomic E-state index is 0.727. The van der Waals surface area contributed by atoms with Gasteiger partial charge in [-0.25, -0.2) is 0 Å². The molecule has 0 heterocycles. The van der Waals surface area contributed by atoms with Crippen LogP contribution in [0.2, 0.25) is 0 Å². The molecule has 1 aromatic carbocycles. The number of allylic oxidation sites excluding steroid dienone is 3. The fourth-order valence-corrected chi connectivity index (χ4v) is 3.82. The summed E-state index contributed by atoms with van der Waals surface area (Å²) in [4.78, 5) is 0. The summed E-state index contributed by atoms with van der Waals surface area (Å²) in [5, 5.41) is 0. The van der Waals surface area contributed by atoms with Gasteiger partial charge in [0.1, 0.15) is 0 Å². The molecule has 2 saturated carbocycles. The molecule has 0 aliphatic heterocycles. The Morgan fingerprint density at radius 1 is 1.06 bits per heavy atom. The van der Waals surface area contributed by atoms with E-state index in [-0.39, 0.29) is 0 Å². The minimum absolute atomic E-state index is 0.727. The Balaban J connectivity index is 1.29. The van der Waals surface area contributed by atoms with Crippen LogP contribution < -0.4 is 0 Å². The zero-order valence-electron chi connectivity index (χ0n) is 10.5. The van der Waals surface area contributed by atoms with Gasteiger partial charge in [0.05, 0.1) is 13.2 Å². The van der Waals surface area contributed by atoms with Gasteiger partial charge in [0.15, 0.2) is 0 Å². The quantitative estimate of drug-likeness (QED) is 0.575. The molecule has 0 spiro atoms. The molecular formula is C17H18O. The molecule has 4 rings (SSSR count). The lowest BCUT2D eigenvalue weighted by molar-refractivity contribution is 0.148. The third-order valence-electron chi connectivity index (χ3n) is 4.67. The summed E-state index contributed by atoms with van der Waals surface area (Å²) in [5.41, 5.74) is 2.93. The maximum absolute atomic E-state index is 5.73. The zero-order valence-corrected chi connectivity index (χ0v) is 10.5. The summed E-state index contributed by atoms with van der Waals surface area (Å²) >= 11 is 0. The van der Waals surface area contributed by atoms with E-state index in [0.29, 0.717) is 0 Å². The van der Waals surface area contributed by atoms with Gasteiger partial charge >= 0.3 is 0 Å². The molecule has 4 atom stereocenters. The van der Waals surface area contributed by atoms with Crippen molar-refractivity contribution in [2.45, 2.75) is 13.0 Å². The number of ether oxygens (including phenoxy) is 1. The van der Waals surface area contributed by atoms with E-state index in [9.17, 15) is 0 Å². The molecule has 0 radical (unpaired) electrons. The van der Waals surface area contributed by atoms with E-state index in [1.165, 1.54) is 12.0 Å². The molecule has 0 aromatic heterocycles. The van der Waals surface area contributed by atoms with Crippen molar-refractivity contribution in [3.63, 3.8) is 0 Å². The van der Waals surface area contributed by atoms with Crippen molar-refractivity contribution in [1.29, 1.82) is 0 Å². The molecule has 1 nitrogen and oxygen atoms in total. The van der Waals surface area contributed by atoms with Gasteiger partial charge < -0.3 is 4.74 Å². The average Bonchev–Trinajstić information content (AvgIpc) is 2.81. The highest BCUT2D eigenvalue weighted by atomic mass is 16.5. The van der Waals surface area contributed by atoms with E-state index in [2.05, 4.69) is 42.5 Å². The molecule has 3 aliphatic rings. The summed E-state index contributed by atoms with van der Waals surface area (Å²) in [6, 6.07) is 10.4. The Morgan fingerprint density at radius 3 is 2.50 bits per heavy atom. The van der Waals surface area contributed by atoms with Crippen molar-refractivity contribution in [2.24, 2.45) is 23.7 Å². The van der Waals surface area contributed by atoms with Gasteiger partial charge in [0.2, 0.25) is 0 Å². The first-order chi connectivity index (χ1) is 8.93. The molecule has 0 unspecified atom stereocenters. The number of hydrogen-bond acceptors (Lipinski definition) is 1. The van der Waals surface area contributed by atoms with E-state index in [0.717, 1.165) is 36.9 Å². The van der Waals surface area contributed by atoms with Gasteiger partial charge in [0, 0.05) is 0 Å². The third kappa shape index (κ3) is 1.65. The van der Waals surface area contributed by atoms with Gasteiger partial charge in [-0.2, -0.15) is 0 Å². The van der Waals surface area contributed by atoms with Gasteiger partial charge in [-0.15, -0.1) is 0 Å². The van der Waals surface area contributed by atoms with Gasteiger partial charge in [-0.05, 0) is 35.7 Å². The molecule has 0 saturated heterocycles. The Labute approximate surface area is 108 Å². The Kier molecular flexibility index (Phi) is 2.41. The SMILES string of the molecule is C1=C[C@H]2C[C@@H]1[C@@H]1C(=CCOCc3ccccc3)[C@@H]12. The number of rotatable bonds is 4. The highest BCUT2D eigenvalue weighted by molar-refractivity contribution is 5.41. The normalized spacial score (nSPS) is 37.2. The Hall–Kier alpha value is -1.34. The molecule has 2 bridgehead atoms. The monoisotopic (exact) mass is 238 g/mol. The van der Waals surface area contributed by atoms with Crippen molar-refractivity contribution in [3.05, 3.63) is 59.7 Å². The highest BCUT2D eigenvalue weighted by Crippen LogP contribution is 2.66. The van der Waals surface area contributed by atoms with Crippen LogP contribution in [-0.4, -0.2) is 6.61 Å². The summed E-state index contributed by atoms with van der Waals surface area (Å²) in [6.45, 7) is 1.50. The van der Waals surface area contributed by atoms with Crippen molar-refractivity contribution >= 4 is 0 Å². The minimum Gasteiger partial charge on any atom is -0.373 e. The molecule has 2 fully saturated rings. The van der Waals surface area contributed by atoms with Crippen LogP contribution in [0.5, 0.6) is 0 Å². The maximum Gasteiger partial charge on any atom is 0.0721 e. The first-order valence-electron chi connectivity index (χ1n) is 6.93. The van der Waals surface area contributed by atoms with Gasteiger partial charge in [-0.3, -0.25) is 0 Å². The second-order valence-corrected chi connectivity index (χ2v) is 5.70. The molecule has 18 heavy (non-hydrogen) atoms. The van der Waals surface area contributed by atoms with Gasteiger partial charge in [0.25, 0.3) is 0 Å². The second kappa shape index (κ2) is 4.10. The van der Waals surface area contributed by atoms with Crippen LogP contribution in [0.25, 0.3) is 0 Å². The molecule has 3 aliphatic carbocycles. The Morgan fingerprint density at radius 2 is 1.78 bits per heavy atom.